The molecular formula is C21H24BrFN2O4S. The van der Waals surface area contributed by atoms with Gasteiger partial charge in [0.05, 0.1) is 13.2 Å². The largest absolute Gasteiger partial charge is 0.495 e. The maximum atomic E-state index is 13.6. The lowest BCUT2D eigenvalue weighted by Crippen LogP contribution is -2.43. The van der Waals surface area contributed by atoms with Gasteiger partial charge in [0.2, 0.25) is 15.9 Å². The average Bonchev–Trinajstić information content (AvgIpc) is 2.73. The van der Waals surface area contributed by atoms with Crippen LogP contribution in [0.25, 0.3) is 0 Å². The van der Waals surface area contributed by atoms with E-state index in [4.69, 9.17) is 4.74 Å². The van der Waals surface area contributed by atoms with E-state index in [1.54, 1.807) is 0 Å². The van der Waals surface area contributed by atoms with Gasteiger partial charge in [0.1, 0.15) is 16.5 Å². The fourth-order valence-electron chi connectivity index (χ4n) is 3.54. The smallest absolute Gasteiger partial charge is 0.246 e. The number of hydrogen-bond donors (Lipinski definition) is 1. The van der Waals surface area contributed by atoms with Crippen molar-refractivity contribution in [2.24, 2.45) is 5.92 Å². The fourth-order valence-corrected chi connectivity index (χ4v) is 5.59. The molecule has 0 bridgehead atoms. The molecule has 9 heteroatoms. The molecule has 0 aliphatic carbocycles. The topological polar surface area (TPSA) is 75.7 Å². The molecule has 162 valence electrons. The van der Waals surface area contributed by atoms with Crippen LogP contribution in [0.3, 0.4) is 0 Å². The first-order chi connectivity index (χ1) is 14.2. The van der Waals surface area contributed by atoms with Crippen LogP contribution in [0, 0.1) is 11.7 Å². The van der Waals surface area contributed by atoms with Gasteiger partial charge in [-0.1, -0.05) is 28.1 Å². The van der Waals surface area contributed by atoms with Crippen LogP contribution in [0.2, 0.25) is 0 Å². The van der Waals surface area contributed by atoms with E-state index in [1.807, 2.05) is 31.2 Å². The van der Waals surface area contributed by atoms with Crippen molar-refractivity contribution in [2.45, 2.75) is 30.7 Å². The van der Waals surface area contributed by atoms with Crippen molar-refractivity contribution in [2.75, 3.05) is 20.2 Å². The zero-order chi connectivity index (χ0) is 21.9. The number of carbonyl (C=O) groups is 1. The molecule has 1 aliphatic rings. The van der Waals surface area contributed by atoms with E-state index in [1.165, 1.54) is 17.5 Å². The summed E-state index contributed by atoms with van der Waals surface area (Å²) >= 11 is 3.42. The highest BCUT2D eigenvalue weighted by atomic mass is 79.9. The Bertz CT molecular complexity index is 1020. The van der Waals surface area contributed by atoms with E-state index in [9.17, 15) is 17.6 Å². The van der Waals surface area contributed by atoms with Gasteiger partial charge >= 0.3 is 0 Å². The van der Waals surface area contributed by atoms with Gasteiger partial charge < -0.3 is 10.1 Å². The monoisotopic (exact) mass is 498 g/mol. The number of nitrogens with zero attached hydrogens (tertiary/aromatic N) is 1. The minimum absolute atomic E-state index is 0.0946. The van der Waals surface area contributed by atoms with Crippen molar-refractivity contribution in [3.05, 3.63) is 58.3 Å². The summed E-state index contributed by atoms with van der Waals surface area (Å²) < 4.78 is 46.9. The SMILES string of the molecule is COc1ccc(F)cc1S(=O)(=O)N1CCC(C(=O)N[C@@H](C)c2cccc(Br)c2)CC1. The lowest BCUT2D eigenvalue weighted by Gasteiger charge is -2.31. The Morgan fingerprint density at radius 1 is 1.23 bits per heavy atom. The van der Waals surface area contributed by atoms with Gasteiger partial charge in [0.25, 0.3) is 0 Å². The second-order valence-corrected chi connectivity index (χ2v) is 10.1. The van der Waals surface area contributed by atoms with E-state index in [0.29, 0.717) is 12.8 Å². The van der Waals surface area contributed by atoms with Gasteiger partial charge in [-0.2, -0.15) is 4.31 Å². The van der Waals surface area contributed by atoms with E-state index in [0.717, 1.165) is 22.2 Å². The van der Waals surface area contributed by atoms with Crippen LogP contribution in [0.15, 0.2) is 51.8 Å². The molecule has 1 amide bonds. The summed E-state index contributed by atoms with van der Waals surface area (Å²) in [5.41, 5.74) is 0.982. The zero-order valence-electron chi connectivity index (χ0n) is 16.8. The van der Waals surface area contributed by atoms with Crippen molar-refractivity contribution in [3.63, 3.8) is 0 Å². The minimum atomic E-state index is -3.92. The molecule has 0 aromatic heterocycles. The Hall–Kier alpha value is -1.97. The number of nitrogens with one attached hydrogen (secondary N) is 1. The highest BCUT2D eigenvalue weighted by Gasteiger charge is 2.34. The van der Waals surface area contributed by atoms with Gasteiger partial charge in [-0.15, -0.1) is 0 Å². The van der Waals surface area contributed by atoms with Crippen LogP contribution in [0.4, 0.5) is 4.39 Å². The van der Waals surface area contributed by atoms with E-state index < -0.39 is 15.8 Å². The number of amides is 1. The van der Waals surface area contributed by atoms with Crippen molar-refractivity contribution in [1.82, 2.24) is 9.62 Å². The van der Waals surface area contributed by atoms with E-state index in [-0.39, 0.29) is 41.6 Å². The third-order valence-corrected chi connectivity index (χ3v) is 7.69. The molecule has 6 nitrogen and oxygen atoms in total. The summed E-state index contributed by atoms with van der Waals surface area (Å²) in [6.07, 6.45) is 0.793. The van der Waals surface area contributed by atoms with Gasteiger partial charge in [-0.25, -0.2) is 12.8 Å². The third kappa shape index (κ3) is 5.01. The number of hydrogen-bond acceptors (Lipinski definition) is 4. The first-order valence-corrected chi connectivity index (χ1v) is 11.8. The minimum Gasteiger partial charge on any atom is -0.495 e. The molecule has 30 heavy (non-hydrogen) atoms. The highest BCUT2D eigenvalue weighted by molar-refractivity contribution is 9.10. The first kappa shape index (κ1) is 22.7. The molecular weight excluding hydrogens is 475 g/mol. The predicted molar refractivity (Wildman–Crippen MR) is 115 cm³/mol. The first-order valence-electron chi connectivity index (χ1n) is 9.62. The third-order valence-electron chi connectivity index (χ3n) is 5.28. The number of methoxy groups -OCH3 is 1. The number of ether oxygens (including phenoxy) is 1. The Morgan fingerprint density at radius 2 is 1.93 bits per heavy atom. The summed E-state index contributed by atoms with van der Waals surface area (Å²) in [4.78, 5) is 12.5. The molecule has 0 saturated carbocycles. The lowest BCUT2D eigenvalue weighted by molar-refractivity contribution is -0.126. The van der Waals surface area contributed by atoms with Crippen molar-refractivity contribution in [3.8, 4) is 5.75 Å². The average molecular weight is 499 g/mol. The Kier molecular flexibility index (Phi) is 7.15. The van der Waals surface area contributed by atoms with Crippen LogP contribution in [0.1, 0.15) is 31.4 Å². The molecule has 1 fully saturated rings. The van der Waals surface area contributed by atoms with Crippen molar-refractivity contribution < 1.29 is 22.3 Å². The van der Waals surface area contributed by atoms with Crippen LogP contribution < -0.4 is 10.1 Å². The predicted octanol–water partition coefficient (Wildman–Crippen LogP) is 3.87. The molecule has 2 aromatic rings. The molecule has 1 N–H and O–H groups in total. The summed E-state index contributed by atoms with van der Waals surface area (Å²) in [5.74, 6) is -0.924. The summed E-state index contributed by atoms with van der Waals surface area (Å²) in [6, 6.07) is 11.0. The molecule has 0 unspecified atom stereocenters. The zero-order valence-corrected chi connectivity index (χ0v) is 19.2. The Morgan fingerprint density at radius 3 is 2.57 bits per heavy atom. The van der Waals surface area contributed by atoms with Gasteiger partial charge in [-0.3, -0.25) is 4.79 Å². The Labute approximate surface area is 184 Å². The Balaban J connectivity index is 1.64. The number of carbonyl (C=O) groups excluding carboxylic acids is 1. The van der Waals surface area contributed by atoms with Crippen LogP contribution in [-0.2, 0) is 14.8 Å². The quantitative estimate of drug-likeness (QED) is 0.655. The molecule has 0 spiro atoms. The number of sulfonamides is 1. The molecule has 0 radical (unpaired) electrons. The van der Waals surface area contributed by atoms with E-state index in [2.05, 4.69) is 21.2 Å². The molecule has 1 aliphatic heterocycles. The molecule has 3 rings (SSSR count). The highest BCUT2D eigenvalue weighted by Crippen LogP contribution is 2.30. The van der Waals surface area contributed by atoms with E-state index >= 15 is 0 Å². The molecule has 1 atom stereocenters. The number of rotatable bonds is 6. The van der Waals surface area contributed by atoms with Gasteiger partial charge in [0, 0.05) is 23.5 Å². The maximum Gasteiger partial charge on any atom is 0.246 e. The lowest BCUT2D eigenvalue weighted by atomic mass is 9.96. The van der Waals surface area contributed by atoms with Gasteiger partial charge in [-0.05, 0) is 55.7 Å². The van der Waals surface area contributed by atoms with Crippen molar-refractivity contribution >= 4 is 31.9 Å². The second kappa shape index (κ2) is 9.45. The molecule has 1 heterocycles. The van der Waals surface area contributed by atoms with Gasteiger partial charge in [0.15, 0.2) is 0 Å². The van der Waals surface area contributed by atoms with Crippen LogP contribution in [-0.4, -0.2) is 38.8 Å². The summed E-state index contributed by atoms with van der Waals surface area (Å²) in [6.45, 7) is 2.28. The van der Waals surface area contributed by atoms with Crippen LogP contribution in [0.5, 0.6) is 5.75 Å². The summed E-state index contributed by atoms with van der Waals surface area (Å²) in [5, 5.41) is 3.01. The number of benzene rings is 2. The van der Waals surface area contributed by atoms with Crippen LogP contribution >= 0.6 is 15.9 Å². The number of piperidine rings is 1. The molecule has 1 saturated heterocycles. The normalized spacial score (nSPS) is 16.8. The standard InChI is InChI=1S/C21H24BrFN2O4S/c1-14(16-4-3-5-17(22)12-16)24-21(26)15-8-10-25(11-9-15)30(27,28)20-13-18(23)6-7-19(20)29-2/h3-7,12-15H,8-11H2,1-2H3,(H,24,26)/t14-/m0/s1. The number of halogens is 2. The van der Waals surface area contributed by atoms with Crippen molar-refractivity contribution in [1.29, 1.82) is 0 Å². The fraction of sp³-hybridized carbons (Fsp3) is 0.381. The summed E-state index contributed by atoms with van der Waals surface area (Å²) in [7, 11) is -2.57. The maximum absolute atomic E-state index is 13.6. The second-order valence-electron chi connectivity index (χ2n) is 7.26. The molecule has 2 aromatic carbocycles.